The molecule has 0 radical (unpaired) electrons. The highest BCUT2D eigenvalue weighted by molar-refractivity contribution is 7.89. The van der Waals surface area contributed by atoms with Gasteiger partial charge in [0.05, 0.1) is 23.7 Å². The number of benzene rings is 2. The van der Waals surface area contributed by atoms with Crippen molar-refractivity contribution in [3.8, 4) is 0 Å². The van der Waals surface area contributed by atoms with Crippen molar-refractivity contribution in [1.82, 2.24) is 9.62 Å². The molecule has 1 aliphatic rings. The highest BCUT2D eigenvalue weighted by Gasteiger charge is 2.28. The number of nitrogens with one attached hydrogen (secondary N) is 1. The number of carbonyl (C=O) groups excluding carboxylic acids is 1. The largest absolute Gasteiger partial charge is 0.379 e. The molecule has 1 heterocycles. The second-order valence-corrected chi connectivity index (χ2v) is 8.62. The van der Waals surface area contributed by atoms with Gasteiger partial charge in [0.25, 0.3) is 5.91 Å². The molecule has 1 amide bonds. The summed E-state index contributed by atoms with van der Waals surface area (Å²) in [6.45, 7) is 3.34. The first kappa shape index (κ1) is 20.4. The van der Waals surface area contributed by atoms with Crippen molar-refractivity contribution in [2.75, 3.05) is 32.8 Å². The zero-order valence-corrected chi connectivity index (χ0v) is 16.4. The Morgan fingerprint density at radius 3 is 2.54 bits per heavy atom. The minimum absolute atomic E-state index is 0.0356. The Bertz CT molecular complexity index is 928. The molecule has 150 valence electrons. The van der Waals surface area contributed by atoms with Crippen molar-refractivity contribution in [2.45, 2.75) is 17.7 Å². The van der Waals surface area contributed by atoms with Gasteiger partial charge >= 0.3 is 0 Å². The topological polar surface area (TPSA) is 75.7 Å². The fraction of sp³-hybridized carbons (Fsp3) is 0.350. The second kappa shape index (κ2) is 8.81. The van der Waals surface area contributed by atoms with Crippen molar-refractivity contribution in [1.29, 1.82) is 0 Å². The fourth-order valence-electron chi connectivity index (χ4n) is 3.02. The maximum Gasteiger partial charge on any atom is 0.254 e. The van der Waals surface area contributed by atoms with E-state index in [4.69, 9.17) is 4.74 Å². The van der Waals surface area contributed by atoms with Crippen molar-refractivity contribution in [3.05, 3.63) is 65.5 Å². The molecular weight excluding hydrogens is 383 g/mol. The summed E-state index contributed by atoms with van der Waals surface area (Å²) in [5.41, 5.74) is 0.765. The molecule has 1 aliphatic heterocycles. The normalized spacial score (nSPS) is 16.5. The molecule has 0 bridgehead atoms. The molecule has 6 nitrogen and oxygen atoms in total. The third-order valence-corrected chi connectivity index (χ3v) is 6.62. The van der Waals surface area contributed by atoms with Crippen LogP contribution in [-0.4, -0.2) is 51.5 Å². The molecule has 8 heteroatoms. The molecule has 3 rings (SSSR count). The summed E-state index contributed by atoms with van der Waals surface area (Å²) in [5, 5.41) is 2.69. The average molecular weight is 406 g/mol. The molecular formula is C20H23FN2O4S. The number of halogens is 1. The van der Waals surface area contributed by atoms with Crippen LogP contribution in [0.1, 0.15) is 28.8 Å². The van der Waals surface area contributed by atoms with Crippen LogP contribution < -0.4 is 5.32 Å². The number of hydrogen-bond donors (Lipinski definition) is 1. The quantitative estimate of drug-likeness (QED) is 0.799. The van der Waals surface area contributed by atoms with Crippen LogP contribution in [0.4, 0.5) is 4.39 Å². The van der Waals surface area contributed by atoms with Crippen molar-refractivity contribution >= 4 is 15.9 Å². The smallest absolute Gasteiger partial charge is 0.254 e. The van der Waals surface area contributed by atoms with Crippen molar-refractivity contribution in [2.24, 2.45) is 0 Å². The fourth-order valence-corrected chi connectivity index (χ4v) is 4.45. The zero-order chi connectivity index (χ0) is 20.1. The number of ether oxygens (including phenoxy) is 1. The van der Waals surface area contributed by atoms with E-state index < -0.39 is 21.7 Å². The highest BCUT2D eigenvalue weighted by atomic mass is 32.2. The first-order valence-corrected chi connectivity index (χ1v) is 10.5. The average Bonchev–Trinajstić information content (AvgIpc) is 2.73. The number of nitrogens with zero attached hydrogens (tertiary/aromatic N) is 1. The van der Waals surface area contributed by atoms with Gasteiger partial charge in [-0.05, 0) is 29.7 Å². The van der Waals surface area contributed by atoms with E-state index in [0.717, 1.165) is 17.7 Å². The Kier molecular flexibility index (Phi) is 6.43. The van der Waals surface area contributed by atoms with Gasteiger partial charge in [0.2, 0.25) is 10.0 Å². The maximum atomic E-state index is 14.2. The van der Waals surface area contributed by atoms with Crippen LogP contribution >= 0.6 is 0 Å². The molecule has 2 aromatic rings. The molecule has 1 atom stereocenters. The minimum Gasteiger partial charge on any atom is -0.379 e. The van der Waals surface area contributed by atoms with Gasteiger partial charge < -0.3 is 10.1 Å². The molecule has 1 saturated heterocycles. The number of morpholine rings is 1. The van der Waals surface area contributed by atoms with Crippen LogP contribution in [0.3, 0.4) is 0 Å². The number of rotatable bonds is 6. The van der Waals surface area contributed by atoms with Gasteiger partial charge in [-0.25, -0.2) is 12.8 Å². The number of carbonyl (C=O) groups is 1. The standard InChI is InChI=1S/C20H23FN2O4S/c1-15(16-5-3-2-4-6-16)14-22-20(24)18-13-17(7-8-19(18)21)28(25,26)23-9-11-27-12-10-23/h2-8,13,15H,9-12,14H2,1H3,(H,22,24)/t15-/m0/s1. The predicted octanol–water partition coefficient (Wildman–Crippen LogP) is 2.38. The summed E-state index contributed by atoms with van der Waals surface area (Å²) in [7, 11) is -3.80. The summed E-state index contributed by atoms with van der Waals surface area (Å²) in [5.74, 6) is -1.36. The summed E-state index contributed by atoms with van der Waals surface area (Å²) in [6, 6.07) is 12.9. The molecule has 0 spiro atoms. The van der Waals surface area contributed by atoms with Crippen LogP contribution in [0, 0.1) is 5.82 Å². The molecule has 1 fully saturated rings. The third-order valence-electron chi connectivity index (χ3n) is 4.73. The molecule has 0 aliphatic carbocycles. The summed E-state index contributed by atoms with van der Waals surface area (Å²) >= 11 is 0. The Hall–Kier alpha value is -2.29. The maximum absolute atomic E-state index is 14.2. The lowest BCUT2D eigenvalue weighted by Gasteiger charge is -2.26. The minimum atomic E-state index is -3.80. The van der Waals surface area contributed by atoms with E-state index in [9.17, 15) is 17.6 Å². The van der Waals surface area contributed by atoms with E-state index >= 15 is 0 Å². The van der Waals surface area contributed by atoms with Crippen LogP contribution in [0.25, 0.3) is 0 Å². The third kappa shape index (κ3) is 4.57. The van der Waals surface area contributed by atoms with E-state index in [2.05, 4.69) is 5.32 Å². The molecule has 0 saturated carbocycles. The first-order valence-electron chi connectivity index (χ1n) is 9.10. The SMILES string of the molecule is C[C@@H](CNC(=O)c1cc(S(=O)(=O)N2CCOCC2)ccc1F)c1ccccc1. The van der Waals surface area contributed by atoms with E-state index in [-0.39, 0.29) is 29.5 Å². The molecule has 0 aromatic heterocycles. The van der Waals surface area contributed by atoms with Crippen LogP contribution in [0.15, 0.2) is 53.4 Å². The van der Waals surface area contributed by atoms with Gasteiger partial charge in [-0.15, -0.1) is 0 Å². The number of amides is 1. The van der Waals surface area contributed by atoms with E-state index in [0.29, 0.717) is 19.8 Å². The molecule has 2 aromatic carbocycles. The molecule has 1 N–H and O–H groups in total. The Labute approximate surface area is 164 Å². The van der Waals surface area contributed by atoms with E-state index in [1.54, 1.807) is 0 Å². The first-order chi connectivity index (χ1) is 13.4. The zero-order valence-electron chi connectivity index (χ0n) is 15.6. The lowest BCUT2D eigenvalue weighted by Crippen LogP contribution is -2.40. The summed E-state index contributed by atoms with van der Waals surface area (Å²) in [4.78, 5) is 12.4. The van der Waals surface area contributed by atoms with Gasteiger partial charge in [0.1, 0.15) is 5.82 Å². The van der Waals surface area contributed by atoms with Crippen LogP contribution in [-0.2, 0) is 14.8 Å². The van der Waals surface area contributed by atoms with E-state index in [1.807, 2.05) is 37.3 Å². The van der Waals surface area contributed by atoms with Crippen LogP contribution in [0.5, 0.6) is 0 Å². The summed E-state index contributed by atoms with van der Waals surface area (Å²) in [6.07, 6.45) is 0. The van der Waals surface area contributed by atoms with Gasteiger partial charge in [-0.2, -0.15) is 4.31 Å². The van der Waals surface area contributed by atoms with Gasteiger partial charge in [-0.1, -0.05) is 37.3 Å². The van der Waals surface area contributed by atoms with Crippen molar-refractivity contribution in [3.63, 3.8) is 0 Å². The monoisotopic (exact) mass is 406 g/mol. The Balaban J connectivity index is 1.74. The number of sulfonamides is 1. The Morgan fingerprint density at radius 1 is 1.18 bits per heavy atom. The molecule has 0 unspecified atom stereocenters. The van der Waals surface area contributed by atoms with Crippen molar-refractivity contribution < 1.29 is 22.3 Å². The van der Waals surface area contributed by atoms with Crippen LogP contribution in [0.2, 0.25) is 0 Å². The van der Waals surface area contributed by atoms with Gasteiger partial charge in [0, 0.05) is 19.6 Å². The predicted molar refractivity (Wildman–Crippen MR) is 103 cm³/mol. The highest BCUT2D eigenvalue weighted by Crippen LogP contribution is 2.21. The lowest BCUT2D eigenvalue weighted by molar-refractivity contribution is 0.0730. The Morgan fingerprint density at radius 2 is 1.86 bits per heavy atom. The lowest BCUT2D eigenvalue weighted by atomic mass is 10.0. The van der Waals surface area contributed by atoms with E-state index in [1.165, 1.54) is 10.4 Å². The summed E-state index contributed by atoms with van der Waals surface area (Å²) < 4.78 is 46.1. The van der Waals surface area contributed by atoms with Gasteiger partial charge in [0.15, 0.2) is 0 Å². The van der Waals surface area contributed by atoms with Gasteiger partial charge in [-0.3, -0.25) is 4.79 Å². The second-order valence-electron chi connectivity index (χ2n) is 6.68. The number of hydrogen-bond acceptors (Lipinski definition) is 4. The molecule has 28 heavy (non-hydrogen) atoms.